The van der Waals surface area contributed by atoms with Crippen molar-refractivity contribution in [3.63, 3.8) is 0 Å². The minimum atomic E-state index is -1.70. The number of hydrogen-bond donors (Lipinski definition) is 1. The number of amides is 1. The molecule has 1 unspecified atom stereocenters. The number of nitrogens with one attached hydrogen (secondary N) is 1. The van der Waals surface area contributed by atoms with Crippen LogP contribution in [0.15, 0.2) is 41.3 Å². The molecule has 144 valence electrons. The van der Waals surface area contributed by atoms with Gasteiger partial charge in [-0.15, -0.1) is 11.8 Å². The maximum Gasteiger partial charge on any atom is 0.307 e. The van der Waals surface area contributed by atoms with E-state index in [9.17, 15) is 22.8 Å². The number of hydrogen-bond acceptors (Lipinski definition) is 4. The number of carbonyl (C=O) groups excluding carboxylic acids is 2. The van der Waals surface area contributed by atoms with Crippen molar-refractivity contribution >= 4 is 40.9 Å². The van der Waals surface area contributed by atoms with E-state index in [1.807, 2.05) is 12.1 Å². The fraction of sp³-hybridized carbons (Fsp3) is 0.222. The molecule has 0 bridgehead atoms. The topological polar surface area (TPSA) is 55.4 Å². The van der Waals surface area contributed by atoms with Crippen molar-refractivity contribution in [1.82, 2.24) is 0 Å². The first kappa shape index (κ1) is 21.1. The Labute approximate surface area is 163 Å². The Bertz CT molecular complexity index is 851. The van der Waals surface area contributed by atoms with E-state index >= 15 is 0 Å². The van der Waals surface area contributed by atoms with E-state index < -0.39 is 41.1 Å². The van der Waals surface area contributed by atoms with Crippen molar-refractivity contribution in [2.75, 3.05) is 11.1 Å². The molecule has 2 rings (SSSR count). The van der Waals surface area contributed by atoms with Crippen molar-refractivity contribution in [2.24, 2.45) is 0 Å². The van der Waals surface area contributed by atoms with Gasteiger partial charge >= 0.3 is 5.97 Å². The number of carbonyl (C=O) groups is 2. The molecule has 0 heterocycles. The van der Waals surface area contributed by atoms with Crippen LogP contribution in [0.4, 0.5) is 18.9 Å². The van der Waals surface area contributed by atoms with Gasteiger partial charge in [0, 0.05) is 10.6 Å². The summed E-state index contributed by atoms with van der Waals surface area (Å²) in [7, 11) is 0. The van der Waals surface area contributed by atoms with Crippen LogP contribution in [0.2, 0.25) is 5.02 Å². The molecule has 1 atom stereocenters. The maximum atomic E-state index is 13.6. The summed E-state index contributed by atoms with van der Waals surface area (Å²) < 4.78 is 44.6. The van der Waals surface area contributed by atoms with Crippen molar-refractivity contribution in [3.8, 4) is 0 Å². The summed E-state index contributed by atoms with van der Waals surface area (Å²) in [4.78, 5) is 24.6. The first-order valence-corrected chi connectivity index (χ1v) is 9.17. The highest BCUT2D eigenvalue weighted by molar-refractivity contribution is 7.99. The number of esters is 1. The molecule has 0 aliphatic carbocycles. The molecule has 0 radical (unpaired) electrons. The number of rotatable bonds is 7. The summed E-state index contributed by atoms with van der Waals surface area (Å²) in [6.45, 7) is 1.28. The Morgan fingerprint density at radius 2 is 1.85 bits per heavy atom. The normalized spacial score (nSPS) is 11.7. The van der Waals surface area contributed by atoms with Gasteiger partial charge in [-0.25, -0.2) is 13.2 Å². The SMILES string of the molecule is CC(OC(=O)CCSc1ccccc1Cl)C(=O)Nc1ccc(F)c(F)c1F. The lowest BCUT2D eigenvalue weighted by atomic mass is 10.2. The fourth-order valence-electron chi connectivity index (χ4n) is 1.97. The van der Waals surface area contributed by atoms with Gasteiger partial charge in [0.15, 0.2) is 23.6 Å². The zero-order chi connectivity index (χ0) is 20.0. The van der Waals surface area contributed by atoms with E-state index in [4.69, 9.17) is 16.3 Å². The molecular weight excluding hydrogens is 403 g/mol. The highest BCUT2D eigenvalue weighted by atomic mass is 35.5. The third kappa shape index (κ3) is 5.90. The van der Waals surface area contributed by atoms with Crippen LogP contribution in [-0.4, -0.2) is 23.7 Å². The largest absolute Gasteiger partial charge is 0.453 e. The monoisotopic (exact) mass is 417 g/mol. The van der Waals surface area contributed by atoms with Crippen molar-refractivity contribution in [2.45, 2.75) is 24.3 Å². The summed E-state index contributed by atoms with van der Waals surface area (Å²) >= 11 is 7.36. The zero-order valence-corrected chi connectivity index (χ0v) is 15.7. The Balaban J connectivity index is 1.82. The van der Waals surface area contributed by atoms with Crippen molar-refractivity contribution in [1.29, 1.82) is 0 Å². The standard InChI is InChI=1S/C18H15ClF3NO3S/c1-10(18(25)23-13-7-6-12(20)16(21)17(13)22)26-15(24)8-9-27-14-5-3-2-4-11(14)19/h2-7,10H,8-9H2,1H3,(H,23,25). The third-order valence-electron chi connectivity index (χ3n) is 3.37. The van der Waals surface area contributed by atoms with Gasteiger partial charge in [0.2, 0.25) is 0 Å². The molecule has 1 N–H and O–H groups in total. The van der Waals surface area contributed by atoms with Crippen molar-refractivity contribution < 1.29 is 27.5 Å². The summed E-state index contributed by atoms with van der Waals surface area (Å²) in [5, 5.41) is 2.62. The minimum Gasteiger partial charge on any atom is -0.453 e. The quantitative estimate of drug-likeness (QED) is 0.399. The van der Waals surface area contributed by atoms with Crippen LogP contribution in [0.3, 0.4) is 0 Å². The van der Waals surface area contributed by atoms with Crippen LogP contribution in [0.25, 0.3) is 0 Å². The van der Waals surface area contributed by atoms with Gasteiger partial charge in [-0.2, -0.15) is 0 Å². The van der Waals surface area contributed by atoms with E-state index in [-0.39, 0.29) is 6.42 Å². The molecule has 0 aliphatic rings. The van der Waals surface area contributed by atoms with Crippen LogP contribution >= 0.6 is 23.4 Å². The second kappa shape index (κ2) is 9.66. The van der Waals surface area contributed by atoms with Gasteiger partial charge in [-0.1, -0.05) is 23.7 Å². The van der Waals surface area contributed by atoms with Gasteiger partial charge in [-0.3, -0.25) is 9.59 Å². The lowest BCUT2D eigenvalue weighted by Crippen LogP contribution is -2.30. The van der Waals surface area contributed by atoms with Gasteiger partial charge < -0.3 is 10.1 Å². The van der Waals surface area contributed by atoms with Gasteiger partial charge in [0.1, 0.15) is 0 Å². The average molecular weight is 418 g/mol. The number of anilines is 1. The summed E-state index contributed by atoms with van der Waals surface area (Å²) in [6, 6.07) is 8.70. The molecule has 1 amide bonds. The molecule has 0 aliphatic heterocycles. The van der Waals surface area contributed by atoms with Crippen molar-refractivity contribution in [3.05, 3.63) is 58.9 Å². The van der Waals surface area contributed by atoms with Gasteiger partial charge in [0.05, 0.1) is 17.1 Å². The number of ether oxygens (including phenoxy) is 1. The smallest absolute Gasteiger partial charge is 0.307 e. The molecule has 0 spiro atoms. The minimum absolute atomic E-state index is 0.0209. The average Bonchev–Trinajstić information content (AvgIpc) is 2.63. The lowest BCUT2D eigenvalue weighted by Gasteiger charge is -2.14. The Kier molecular flexibility index (Phi) is 7.55. The van der Waals surface area contributed by atoms with E-state index in [2.05, 4.69) is 5.32 Å². The molecular formula is C18H15ClF3NO3S. The molecule has 27 heavy (non-hydrogen) atoms. The zero-order valence-electron chi connectivity index (χ0n) is 14.1. The van der Waals surface area contributed by atoms with Gasteiger partial charge in [-0.05, 0) is 31.2 Å². The number of benzene rings is 2. The summed E-state index contributed by atoms with van der Waals surface area (Å²) in [5.41, 5.74) is -0.545. The molecule has 2 aromatic rings. The second-order valence-electron chi connectivity index (χ2n) is 5.37. The molecule has 0 saturated heterocycles. The van der Waals surface area contributed by atoms with E-state index in [1.165, 1.54) is 18.7 Å². The Morgan fingerprint density at radius 3 is 2.56 bits per heavy atom. The van der Waals surface area contributed by atoms with Crippen LogP contribution in [0.1, 0.15) is 13.3 Å². The number of halogens is 4. The highest BCUT2D eigenvalue weighted by Crippen LogP contribution is 2.27. The molecule has 0 fully saturated rings. The predicted molar refractivity (Wildman–Crippen MR) is 97.3 cm³/mol. The highest BCUT2D eigenvalue weighted by Gasteiger charge is 2.21. The van der Waals surface area contributed by atoms with Crippen LogP contribution < -0.4 is 5.32 Å². The summed E-state index contributed by atoms with van der Waals surface area (Å²) in [5.74, 6) is -5.72. The van der Waals surface area contributed by atoms with E-state index in [0.717, 1.165) is 11.0 Å². The first-order chi connectivity index (χ1) is 12.8. The van der Waals surface area contributed by atoms with E-state index in [1.54, 1.807) is 12.1 Å². The number of thioether (sulfide) groups is 1. The molecule has 0 saturated carbocycles. The second-order valence-corrected chi connectivity index (χ2v) is 6.92. The van der Waals surface area contributed by atoms with Crippen LogP contribution in [-0.2, 0) is 14.3 Å². The molecule has 2 aromatic carbocycles. The fourth-order valence-corrected chi connectivity index (χ4v) is 3.14. The molecule has 9 heteroatoms. The summed E-state index contributed by atoms with van der Waals surface area (Å²) in [6.07, 6.45) is -1.22. The molecule has 0 aromatic heterocycles. The Hall–Kier alpha value is -2.19. The first-order valence-electron chi connectivity index (χ1n) is 7.80. The maximum absolute atomic E-state index is 13.6. The molecule has 4 nitrogen and oxygen atoms in total. The van der Waals surface area contributed by atoms with Gasteiger partial charge in [0.25, 0.3) is 5.91 Å². The predicted octanol–water partition coefficient (Wildman–Crippen LogP) is 4.81. The lowest BCUT2D eigenvalue weighted by molar-refractivity contribution is -0.152. The third-order valence-corrected chi connectivity index (χ3v) is 4.89. The van der Waals surface area contributed by atoms with Crippen LogP contribution in [0.5, 0.6) is 0 Å². The van der Waals surface area contributed by atoms with Crippen LogP contribution in [0, 0.1) is 17.5 Å². The Morgan fingerprint density at radius 1 is 1.15 bits per heavy atom. The van der Waals surface area contributed by atoms with E-state index in [0.29, 0.717) is 16.8 Å².